The lowest BCUT2D eigenvalue weighted by atomic mass is 9.98. The third-order valence-electron chi connectivity index (χ3n) is 3.25. The first kappa shape index (κ1) is 12.5. The molecule has 0 atom stereocenters. The van der Waals surface area contributed by atoms with Crippen LogP contribution in [0.25, 0.3) is 0 Å². The van der Waals surface area contributed by atoms with E-state index in [-0.39, 0.29) is 0 Å². The van der Waals surface area contributed by atoms with Gasteiger partial charge in [0.05, 0.1) is 6.61 Å². The number of nitrogens with zero attached hydrogens (tertiary/aromatic N) is 1. The Balaban J connectivity index is 1.75. The van der Waals surface area contributed by atoms with Gasteiger partial charge in [0, 0.05) is 18.8 Å². The number of likely N-dealkylation sites (tertiary alicyclic amines) is 1. The second-order valence-electron chi connectivity index (χ2n) is 4.59. The van der Waals surface area contributed by atoms with Crippen LogP contribution in [0.15, 0.2) is 24.3 Å². The Morgan fingerprint density at radius 3 is 2.50 bits per heavy atom. The average Bonchev–Trinajstić information content (AvgIpc) is 2.38. The number of rotatable bonds is 3. The number of anilines is 1. The third kappa shape index (κ3) is 3.29. The molecule has 1 fully saturated rings. The fourth-order valence-corrected chi connectivity index (χ4v) is 2.07. The lowest BCUT2D eigenvalue weighted by Gasteiger charge is -2.29. The van der Waals surface area contributed by atoms with Crippen LogP contribution < -0.4 is 10.5 Å². The number of hydrogen-bond acceptors (Lipinski definition) is 3. The lowest BCUT2D eigenvalue weighted by molar-refractivity contribution is 0.111. The predicted molar refractivity (Wildman–Crippen MR) is 68.7 cm³/mol. The van der Waals surface area contributed by atoms with Crippen molar-refractivity contribution in [3.63, 3.8) is 0 Å². The molecule has 98 valence electrons. The quantitative estimate of drug-likeness (QED) is 0.805. The number of benzene rings is 1. The third-order valence-corrected chi connectivity index (χ3v) is 3.25. The molecule has 0 radical (unpaired) electrons. The number of amides is 1. The Kier molecular flexibility index (Phi) is 3.92. The zero-order chi connectivity index (χ0) is 13.0. The number of nitrogen functional groups attached to an aromatic ring is 1. The predicted octanol–water partition coefficient (Wildman–Crippen LogP) is 2.04. The summed E-state index contributed by atoms with van der Waals surface area (Å²) in [6.07, 6.45) is 0.899. The molecular formula is C13H18N2O3. The van der Waals surface area contributed by atoms with E-state index in [1.807, 2.05) is 24.3 Å². The summed E-state index contributed by atoms with van der Waals surface area (Å²) in [6, 6.07) is 7.31. The molecular weight excluding hydrogens is 232 g/mol. The molecule has 5 heteroatoms. The van der Waals surface area contributed by atoms with Crippen LogP contribution in [0.1, 0.15) is 12.8 Å². The molecule has 0 aliphatic carbocycles. The van der Waals surface area contributed by atoms with E-state index in [1.165, 1.54) is 4.90 Å². The van der Waals surface area contributed by atoms with Crippen LogP contribution in [0.4, 0.5) is 10.5 Å². The minimum Gasteiger partial charge on any atom is -0.493 e. The molecule has 0 bridgehead atoms. The van der Waals surface area contributed by atoms with Crippen molar-refractivity contribution in [3.05, 3.63) is 24.3 Å². The molecule has 1 aromatic rings. The van der Waals surface area contributed by atoms with Crippen molar-refractivity contribution in [3.8, 4) is 5.75 Å². The van der Waals surface area contributed by atoms with Gasteiger partial charge in [0.15, 0.2) is 0 Å². The summed E-state index contributed by atoms with van der Waals surface area (Å²) in [5, 5.41) is 8.84. The lowest BCUT2D eigenvalue weighted by Crippen LogP contribution is -2.38. The van der Waals surface area contributed by atoms with Crippen molar-refractivity contribution < 1.29 is 14.6 Å². The largest absolute Gasteiger partial charge is 0.493 e. The average molecular weight is 250 g/mol. The van der Waals surface area contributed by atoms with Crippen molar-refractivity contribution in [1.29, 1.82) is 0 Å². The van der Waals surface area contributed by atoms with Crippen molar-refractivity contribution in [2.45, 2.75) is 12.8 Å². The fourth-order valence-electron chi connectivity index (χ4n) is 2.07. The van der Waals surface area contributed by atoms with Gasteiger partial charge in [-0.15, -0.1) is 0 Å². The summed E-state index contributed by atoms with van der Waals surface area (Å²) in [7, 11) is 0. The number of carboxylic acid groups (broad SMARTS) is 1. The summed E-state index contributed by atoms with van der Waals surface area (Å²) in [5.74, 6) is 1.24. The molecule has 1 aromatic carbocycles. The van der Waals surface area contributed by atoms with E-state index in [0.717, 1.165) is 24.3 Å². The van der Waals surface area contributed by atoms with Gasteiger partial charge >= 0.3 is 6.09 Å². The summed E-state index contributed by atoms with van der Waals surface area (Å²) in [4.78, 5) is 12.2. The van der Waals surface area contributed by atoms with Crippen molar-refractivity contribution >= 4 is 11.8 Å². The monoisotopic (exact) mass is 250 g/mol. The molecule has 0 spiro atoms. The Hall–Kier alpha value is -1.91. The van der Waals surface area contributed by atoms with Crippen LogP contribution in [-0.2, 0) is 0 Å². The molecule has 0 unspecified atom stereocenters. The highest BCUT2D eigenvalue weighted by Crippen LogP contribution is 2.20. The molecule has 1 saturated heterocycles. The van der Waals surface area contributed by atoms with Gasteiger partial charge in [0.1, 0.15) is 5.75 Å². The van der Waals surface area contributed by atoms with Crippen LogP contribution in [0, 0.1) is 5.92 Å². The van der Waals surface area contributed by atoms with E-state index in [4.69, 9.17) is 15.6 Å². The number of hydrogen-bond donors (Lipinski definition) is 2. The first-order valence-electron chi connectivity index (χ1n) is 6.11. The molecule has 3 N–H and O–H groups in total. The van der Waals surface area contributed by atoms with Gasteiger partial charge in [-0.3, -0.25) is 0 Å². The minimum absolute atomic E-state index is 0.429. The molecule has 18 heavy (non-hydrogen) atoms. The molecule has 1 aliphatic rings. The van der Waals surface area contributed by atoms with Gasteiger partial charge < -0.3 is 20.5 Å². The van der Waals surface area contributed by atoms with Crippen LogP contribution >= 0.6 is 0 Å². The summed E-state index contributed by atoms with van der Waals surface area (Å²) >= 11 is 0. The Morgan fingerprint density at radius 2 is 1.94 bits per heavy atom. The highest BCUT2D eigenvalue weighted by molar-refractivity contribution is 5.64. The molecule has 1 heterocycles. The number of carbonyl (C=O) groups is 1. The van der Waals surface area contributed by atoms with Gasteiger partial charge in [-0.2, -0.15) is 0 Å². The zero-order valence-electron chi connectivity index (χ0n) is 10.2. The van der Waals surface area contributed by atoms with E-state index in [0.29, 0.717) is 25.6 Å². The van der Waals surface area contributed by atoms with Gasteiger partial charge in [0.2, 0.25) is 0 Å². The van der Waals surface area contributed by atoms with E-state index < -0.39 is 6.09 Å². The Labute approximate surface area is 106 Å². The van der Waals surface area contributed by atoms with E-state index >= 15 is 0 Å². The fraction of sp³-hybridized carbons (Fsp3) is 0.462. The SMILES string of the molecule is Nc1ccc(OCC2CCN(C(=O)O)CC2)cc1. The van der Waals surface area contributed by atoms with Crippen molar-refractivity contribution in [2.75, 3.05) is 25.4 Å². The maximum Gasteiger partial charge on any atom is 0.407 e. The van der Waals surface area contributed by atoms with E-state index in [9.17, 15) is 4.79 Å². The van der Waals surface area contributed by atoms with Crippen LogP contribution in [0.3, 0.4) is 0 Å². The van der Waals surface area contributed by atoms with Gasteiger partial charge in [-0.05, 0) is 43.0 Å². The normalized spacial score (nSPS) is 16.6. The van der Waals surface area contributed by atoms with Crippen LogP contribution in [-0.4, -0.2) is 35.8 Å². The first-order valence-corrected chi connectivity index (χ1v) is 6.11. The topological polar surface area (TPSA) is 75.8 Å². The molecule has 1 aliphatic heterocycles. The summed E-state index contributed by atoms with van der Waals surface area (Å²) in [6.45, 7) is 1.84. The summed E-state index contributed by atoms with van der Waals surface area (Å²) in [5.41, 5.74) is 6.31. The van der Waals surface area contributed by atoms with Crippen LogP contribution in [0.2, 0.25) is 0 Å². The van der Waals surface area contributed by atoms with E-state index in [1.54, 1.807) is 0 Å². The highest BCUT2D eigenvalue weighted by Gasteiger charge is 2.22. The van der Waals surface area contributed by atoms with Gasteiger partial charge in [-0.25, -0.2) is 4.79 Å². The van der Waals surface area contributed by atoms with Gasteiger partial charge in [-0.1, -0.05) is 0 Å². The smallest absolute Gasteiger partial charge is 0.407 e. The summed E-state index contributed by atoms with van der Waals surface area (Å²) < 4.78 is 5.67. The second kappa shape index (κ2) is 5.62. The van der Waals surface area contributed by atoms with Crippen LogP contribution in [0.5, 0.6) is 5.75 Å². The maximum atomic E-state index is 10.8. The van der Waals surface area contributed by atoms with Crippen molar-refractivity contribution in [2.24, 2.45) is 5.92 Å². The zero-order valence-corrected chi connectivity index (χ0v) is 10.2. The highest BCUT2D eigenvalue weighted by atomic mass is 16.5. The number of piperidine rings is 1. The Morgan fingerprint density at radius 1 is 1.33 bits per heavy atom. The molecule has 1 amide bonds. The van der Waals surface area contributed by atoms with E-state index in [2.05, 4.69) is 0 Å². The second-order valence-corrected chi connectivity index (χ2v) is 4.59. The number of ether oxygens (including phenoxy) is 1. The number of nitrogens with two attached hydrogens (primary N) is 1. The molecule has 0 aromatic heterocycles. The maximum absolute atomic E-state index is 10.8. The molecule has 5 nitrogen and oxygen atoms in total. The first-order chi connectivity index (χ1) is 8.65. The standard InChI is InChI=1S/C13H18N2O3/c14-11-1-3-12(4-2-11)18-9-10-5-7-15(8-6-10)13(16)17/h1-4,10H,5-9,14H2,(H,16,17). The molecule has 2 rings (SSSR count). The molecule has 0 saturated carbocycles. The van der Waals surface area contributed by atoms with Gasteiger partial charge in [0.25, 0.3) is 0 Å². The minimum atomic E-state index is -0.826. The van der Waals surface area contributed by atoms with Crippen molar-refractivity contribution in [1.82, 2.24) is 4.90 Å². The Bertz CT molecular complexity index is 397.